The Morgan fingerprint density at radius 3 is 2.78 bits per heavy atom. The lowest BCUT2D eigenvalue weighted by Crippen LogP contribution is -2.48. The molecule has 1 fully saturated rings. The Morgan fingerprint density at radius 1 is 1.33 bits per heavy atom. The highest BCUT2D eigenvalue weighted by Gasteiger charge is 2.32. The van der Waals surface area contributed by atoms with Crippen molar-refractivity contribution in [3.05, 3.63) is 0 Å². The average molecular weight is 294 g/mol. The van der Waals surface area contributed by atoms with Crippen molar-refractivity contribution >= 4 is 21.6 Å². The summed E-state index contributed by atoms with van der Waals surface area (Å²) in [6, 6.07) is 0. The first kappa shape index (κ1) is 16.3. The van der Waals surface area contributed by atoms with Crippen LogP contribution in [0.25, 0.3) is 0 Å². The average Bonchev–Trinajstić information content (AvgIpc) is 2.39. The van der Waals surface area contributed by atoms with E-state index in [0.717, 1.165) is 37.6 Å². The highest BCUT2D eigenvalue weighted by molar-refractivity contribution is 8.01. The normalized spacial score (nSPS) is 22.2. The van der Waals surface area contributed by atoms with Gasteiger partial charge in [-0.3, -0.25) is 4.90 Å². The van der Waals surface area contributed by atoms with Gasteiger partial charge in [0.25, 0.3) is 0 Å². The summed E-state index contributed by atoms with van der Waals surface area (Å²) in [5.41, 5.74) is 0. The quantitative estimate of drug-likeness (QED) is 0.681. The molecule has 0 aliphatic carbocycles. The third kappa shape index (κ3) is 5.07. The summed E-state index contributed by atoms with van der Waals surface area (Å²) in [4.78, 5) is 2.18. The Kier molecular flexibility index (Phi) is 7.60. The fourth-order valence-electron chi connectivity index (χ4n) is 2.19. The van der Waals surface area contributed by atoms with E-state index in [0.29, 0.717) is 0 Å². The van der Waals surface area contributed by atoms with Crippen LogP contribution in [-0.4, -0.2) is 62.6 Å². The maximum atomic E-state index is 12.0. The largest absolute Gasteiger partial charge is 0.320 e. The molecule has 1 N–H and O–H groups in total. The molecule has 0 amide bonds. The van der Waals surface area contributed by atoms with Gasteiger partial charge in [-0.1, -0.05) is 13.3 Å². The molecule has 0 radical (unpaired) electrons. The van der Waals surface area contributed by atoms with Crippen molar-refractivity contribution in [2.45, 2.75) is 31.6 Å². The van der Waals surface area contributed by atoms with Gasteiger partial charge in [0.1, 0.15) is 5.37 Å². The molecule has 0 aromatic heterocycles. The van der Waals surface area contributed by atoms with Gasteiger partial charge in [-0.25, -0.2) is 8.42 Å². The van der Waals surface area contributed by atoms with Crippen LogP contribution < -0.4 is 5.32 Å². The Labute approximate surface area is 116 Å². The first-order valence-electron chi connectivity index (χ1n) is 6.79. The maximum absolute atomic E-state index is 12.0. The summed E-state index contributed by atoms with van der Waals surface area (Å²) in [6.45, 7) is 4.64. The molecule has 6 heteroatoms. The number of thioether (sulfide) groups is 1. The second-order valence-electron chi connectivity index (χ2n) is 4.68. The van der Waals surface area contributed by atoms with Crippen LogP contribution in [0.15, 0.2) is 0 Å². The Morgan fingerprint density at radius 2 is 2.11 bits per heavy atom. The summed E-state index contributed by atoms with van der Waals surface area (Å²) >= 11 is 1.77. The molecule has 4 nitrogen and oxygen atoms in total. The van der Waals surface area contributed by atoms with E-state index >= 15 is 0 Å². The van der Waals surface area contributed by atoms with E-state index < -0.39 is 9.84 Å². The van der Waals surface area contributed by atoms with E-state index in [9.17, 15) is 8.42 Å². The van der Waals surface area contributed by atoms with E-state index in [2.05, 4.69) is 10.2 Å². The van der Waals surface area contributed by atoms with E-state index in [-0.39, 0.29) is 11.1 Å². The van der Waals surface area contributed by atoms with Crippen LogP contribution in [0, 0.1) is 0 Å². The van der Waals surface area contributed by atoms with Crippen LogP contribution in [0.2, 0.25) is 0 Å². The van der Waals surface area contributed by atoms with Crippen LogP contribution in [0.1, 0.15) is 26.2 Å². The van der Waals surface area contributed by atoms with Crippen LogP contribution in [0.4, 0.5) is 0 Å². The topological polar surface area (TPSA) is 49.4 Å². The highest BCUT2D eigenvalue weighted by atomic mass is 32.2. The monoisotopic (exact) mass is 294 g/mol. The van der Waals surface area contributed by atoms with Crippen molar-refractivity contribution in [2.24, 2.45) is 0 Å². The van der Waals surface area contributed by atoms with Crippen molar-refractivity contribution in [3.8, 4) is 0 Å². The molecule has 18 heavy (non-hydrogen) atoms. The second kappa shape index (κ2) is 8.40. The standard InChI is InChI=1S/C12H26N2O2S2/c1-3-18(15,16)12-11-17-10-9-14(12)8-6-4-5-7-13-2/h12-13H,3-11H2,1-2H3. The lowest BCUT2D eigenvalue weighted by Gasteiger charge is -2.34. The van der Waals surface area contributed by atoms with E-state index in [1.165, 1.54) is 12.8 Å². The van der Waals surface area contributed by atoms with Gasteiger partial charge in [-0.2, -0.15) is 11.8 Å². The van der Waals surface area contributed by atoms with Gasteiger partial charge in [0.15, 0.2) is 9.84 Å². The number of nitrogens with zero attached hydrogens (tertiary/aromatic N) is 1. The molecule has 1 heterocycles. The molecule has 108 valence electrons. The van der Waals surface area contributed by atoms with Gasteiger partial charge in [0.05, 0.1) is 0 Å². The molecule has 0 bridgehead atoms. The second-order valence-corrected chi connectivity index (χ2v) is 8.28. The Hall–Kier alpha value is 0.220. The summed E-state index contributed by atoms with van der Waals surface area (Å²) in [5.74, 6) is 2.06. The van der Waals surface area contributed by atoms with Gasteiger partial charge in [-0.15, -0.1) is 0 Å². The molecular weight excluding hydrogens is 268 g/mol. The predicted molar refractivity (Wildman–Crippen MR) is 79.9 cm³/mol. The summed E-state index contributed by atoms with van der Waals surface area (Å²) in [7, 11) is -0.961. The van der Waals surface area contributed by atoms with E-state index in [1.54, 1.807) is 18.7 Å². The number of nitrogens with one attached hydrogen (secondary N) is 1. The molecule has 1 aliphatic heterocycles. The number of rotatable bonds is 8. The van der Waals surface area contributed by atoms with Gasteiger partial charge < -0.3 is 5.32 Å². The fraction of sp³-hybridized carbons (Fsp3) is 1.00. The van der Waals surface area contributed by atoms with Crippen LogP contribution >= 0.6 is 11.8 Å². The van der Waals surface area contributed by atoms with Crippen molar-refractivity contribution in [1.29, 1.82) is 0 Å². The molecule has 0 saturated carbocycles. The zero-order chi connectivity index (χ0) is 13.4. The highest BCUT2D eigenvalue weighted by Crippen LogP contribution is 2.21. The number of sulfone groups is 1. The molecule has 1 rings (SSSR count). The number of hydrogen-bond acceptors (Lipinski definition) is 5. The molecule has 1 unspecified atom stereocenters. The van der Waals surface area contributed by atoms with Gasteiger partial charge in [0.2, 0.25) is 0 Å². The molecule has 0 aromatic carbocycles. The first-order valence-corrected chi connectivity index (χ1v) is 9.66. The van der Waals surface area contributed by atoms with Crippen LogP contribution in [0.5, 0.6) is 0 Å². The van der Waals surface area contributed by atoms with E-state index in [4.69, 9.17) is 0 Å². The van der Waals surface area contributed by atoms with Gasteiger partial charge in [0, 0.05) is 23.8 Å². The molecule has 0 aromatic rings. The third-order valence-electron chi connectivity index (χ3n) is 3.38. The molecule has 0 spiro atoms. The van der Waals surface area contributed by atoms with Crippen molar-refractivity contribution in [1.82, 2.24) is 10.2 Å². The summed E-state index contributed by atoms with van der Waals surface area (Å²) < 4.78 is 24.1. The van der Waals surface area contributed by atoms with Gasteiger partial charge >= 0.3 is 0 Å². The van der Waals surface area contributed by atoms with Gasteiger partial charge in [-0.05, 0) is 33.0 Å². The lowest BCUT2D eigenvalue weighted by molar-refractivity contribution is 0.263. The predicted octanol–water partition coefficient (Wildman–Crippen LogP) is 1.19. The Bertz CT molecular complexity index is 320. The molecule has 1 aliphatic rings. The molecule has 1 atom stereocenters. The van der Waals surface area contributed by atoms with Crippen LogP contribution in [-0.2, 0) is 9.84 Å². The van der Waals surface area contributed by atoms with Crippen molar-refractivity contribution in [3.63, 3.8) is 0 Å². The van der Waals surface area contributed by atoms with Crippen molar-refractivity contribution < 1.29 is 8.42 Å². The zero-order valence-electron chi connectivity index (χ0n) is 11.5. The first-order chi connectivity index (χ1) is 8.61. The summed E-state index contributed by atoms with van der Waals surface area (Å²) in [6.07, 6.45) is 3.44. The SMILES string of the molecule is CCS(=O)(=O)C1CSCCN1CCCCCNC. The zero-order valence-corrected chi connectivity index (χ0v) is 13.2. The Balaban J connectivity index is 2.40. The number of hydrogen-bond donors (Lipinski definition) is 1. The summed E-state index contributed by atoms with van der Waals surface area (Å²) in [5, 5.41) is 2.89. The van der Waals surface area contributed by atoms with E-state index in [1.807, 2.05) is 7.05 Å². The third-order valence-corrected chi connectivity index (χ3v) is 6.71. The molecule has 1 saturated heterocycles. The number of unbranched alkanes of at least 4 members (excludes halogenated alkanes) is 2. The van der Waals surface area contributed by atoms with Crippen molar-refractivity contribution in [2.75, 3.05) is 43.9 Å². The lowest BCUT2D eigenvalue weighted by atomic mass is 10.2. The smallest absolute Gasteiger partial charge is 0.166 e. The minimum absolute atomic E-state index is 0.245. The minimum atomic E-state index is -2.93. The fourth-order valence-corrected chi connectivity index (χ4v) is 5.30. The van der Waals surface area contributed by atoms with Crippen LogP contribution in [0.3, 0.4) is 0 Å². The minimum Gasteiger partial charge on any atom is -0.320 e. The molecular formula is C12H26N2O2S2. The maximum Gasteiger partial charge on any atom is 0.166 e.